The summed E-state index contributed by atoms with van der Waals surface area (Å²) in [6, 6.07) is 0. The zero-order valence-electron chi connectivity index (χ0n) is 13.0. The topological polar surface area (TPSA) is 6.48 Å². The fraction of sp³-hybridized carbons (Fsp3) is 0.833. The molecule has 1 heterocycles. The zero-order chi connectivity index (χ0) is 13.4. The fourth-order valence-corrected chi connectivity index (χ4v) is 27.0. The Balaban J connectivity index is 3.06. The molecule has 1 aliphatic heterocycles. The van der Waals surface area contributed by atoms with Gasteiger partial charge in [0, 0.05) is 0 Å². The molecular weight excluding hydrogens is 330 g/mol. The Kier molecular flexibility index (Phi) is 5.01. The Morgan fingerprint density at radius 2 is 1.47 bits per heavy atom. The molecule has 0 bridgehead atoms. The molecule has 0 radical (unpaired) electrons. The van der Waals surface area contributed by atoms with Gasteiger partial charge in [0.25, 0.3) is 0 Å². The molecule has 17 heavy (non-hydrogen) atoms. The van der Waals surface area contributed by atoms with Crippen molar-refractivity contribution in [1.29, 1.82) is 0 Å². The van der Waals surface area contributed by atoms with Crippen molar-refractivity contribution < 1.29 is 0 Å². The van der Waals surface area contributed by atoms with Crippen LogP contribution in [0.3, 0.4) is 0 Å². The summed E-state index contributed by atoms with van der Waals surface area (Å²) in [6.07, 6.45) is 0. The molecule has 0 atom stereocenters. The van der Waals surface area contributed by atoms with Crippen LogP contribution >= 0.6 is 0 Å². The molecule has 0 aromatic carbocycles. The standard InChI is InChI=1S/C9H20BN2Si.3CH3.Sn/c1-11-7-8-12(2)10(11)6-9-13(3,4)5;;;;/h6H,7-8H2,1-5H3;3*1H3;. The molecule has 0 N–H and O–H groups in total. The van der Waals surface area contributed by atoms with Gasteiger partial charge in [-0.05, 0) is 0 Å². The molecule has 0 unspecified atom stereocenters. The number of rotatable bonds is 3. The van der Waals surface area contributed by atoms with Gasteiger partial charge >= 0.3 is 114 Å². The van der Waals surface area contributed by atoms with Crippen LogP contribution in [0, 0.1) is 0 Å². The number of hydrogen-bond donors (Lipinski definition) is 0. The van der Waals surface area contributed by atoms with Gasteiger partial charge in [-0.25, -0.2) is 0 Å². The third-order valence-electron chi connectivity index (χ3n) is 3.64. The van der Waals surface area contributed by atoms with Crippen molar-refractivity contribution in [3.8, 4) is 0 Å². The summed E-state index contributed by atoms with van der Waals surface area (Å²) in [5.74, 6) is 2.63. The molecule has 0 amide bonds. The van der Waals surface area contributed by atoms with Crippen LogP contribution in [-0.4, -0.2) is 70.2 Å². The van der Waals surface area contributed by atoms with Gasteiger partial charge in [0.1, 0.15) is 0 Å². The Bertz CT molecular complexity index is 281. The molecule has 2 nitrogen and oxygen atoms in total. The zero-order valence-corrected chi connectivity index (χ0v) is 16.8. The van der Waals surface area contributed by atoms with Crippen LogP contribution < -0.4 is 0 Å². The molecule has 0 spiro atoms. The predicted molar refractivity (Wildman–Crippen MR) is 85.8 cm³/mol. The van der Waals surface area contributed by atoms with E-state index >= 15 is 0 Å². The van der Waals surface area contributed by atoms with Gasteiger partial charge in [-0.1, -0.05) is 0 Å². The average Bonchev–Trinajstić information content (AvgIpc) is 2.39. The van der Waals surface area contributed by atoms with E-state index in [2.05, 4.69) is 64.2 Å². The van der Waals surface area contributed by atoms with Gasteiger partial charge < -0.3 is 0 Å². The van der Waals surface area contributed by atoms with E-state index in [4.69, 9.17) is 0 Å². The fourth-order valence-electron chi connectivity index (χ4n) is 2.95. The Morgan fingerprint density at radius 1 is 1.06 bits per heavy atom. The maximum absolute atomic E-state index is 2.63. The number of nitrogens with zero attached hydrogens (tertiary/aromatic N) is 2. The van der Waals surface area contributed by atoms with Crippen molar-refractivity contribution in [1.82, 2.24) is 9.62 Å². The Morgan fingerprint density at radius 3 is 1.76 bits per heavy atom. The molecule has 1 fully saturated rings. The first-order valence-corrected chi connectivity index (χ1v) is 20.2. The van der Waals surface area contributed by atoms with Crippen LogP contribution in [-0.2, 0) is 0 Å². The van der Waals surface area contributed by atoms with Gasteiger partial charge in [-0.2, -0.15) is 0 Å². The van der Waals surface area contributed by atoms with E-state index in [9.17, 15) is 0 Å². The second-order valence-corrected chi connectivity index (χ2v) is 28.3. The second kappa shape index (κ2) is 5.39. The summed E-state index contributed by atoms with van der Waals surface area (Å²) in [5.41, 5.74) is 0. The van der Waals surface area contributed by atoms with E-state index in [1.54, 1.807) is 0 Å². The van der Waals surface area contributed by atoms with Crippen LogP contribution in [0.5, 0.6) is 0 Å². The molecule has 0 saturated carbocycles. The van der Waals surface area contributed by atoms with Crippen molar-refractivity contribution >= 4 is 33.4 Å². The maximum atomic E-state index is 2.63. The summed E-state index contributed by atoms with van der Waals surface area (Å²) >= 11 is -1.94. The van der Waals surface area contributed by atoms with Crippen molar-refractivity contribution in [3.63, 3.8) is 0 Å². The van der Waals surface area contributed by atoms with Gasteiger partial charge in [0.05, 0.1) is 0 Å². The summed E-state index contributed by atoms with van der Waals surface area (Å²) < 4.78 is 1.90. The second-order valence-electron chi connectivity index (χ2n) is 7.46. The van der Waals surface area contributed by atoms with Gasteiger partial charge in [-0.15, -0.1) is 0 Å². The van der Waals surface area contributed by atoms with Crippen molar-refractivity contribution in [2.45, 2.75) is 34.5 Å². The molecule has 0 aromatic heterocycles. The quantitative estimate of drug-likeness (QED) is 0.715. The SMILES string of the molecule is CN1CCN(C)B1/C=[C](/[Si](C)(C)C)[Sn]([CH3])([CH3])[CH3]. The molecule has 0 aliphatic carbocycles. The van der Waals surface area contributed by atoms with E-state index in [0.717, 1.165) is 0 Å². The Hall–Kier alpha value is 0.741. The Labute approximate surface area is 113 Å². The predicted octanol–water partition coefficient (Wildman–Crippen LogP) is 2.57. The van der Waals surface area contributed by atoms with Crippen molar-refractivity contribution in [3.05, 3.63) is 9.19 Å². The summed E-state index contributed by atoms with van der Waals surface area (Å²) in [4.78, 5) is 12.7. The van der Waals surface area contributed by atoms with E-state index in [0.29, 0.717) is 6.98 Å². The van der Waals surface area contributed by atoms with Crippen LogP contribution in [0.15, 0.2) is 9.19 Å². The monoisotopic (exact) mass is 360 g/mol. The first-order valence-electron chi connectivity index (χ1n) is 6.67. The number of hydrogen-bond acceptors (Lipinski definition) is 2. The first-order chi connectivity index (χ1) is 7.53. The molecule has 0 aromatic rings. The van der Waals surface area contributed by atoms with Crippen LogP contribution in [0.25, 0.3) is 0 Å². The molecule has 1 aliphatic rings. The molecule has 1 rings (SSSR count). The van der Waals surface area contributed by atoms with Crippen LogP contribution in [0.4, 0.5) is 0 Å². The average molecular weight is 359 g/mol. The molecular formula is C12H29BN2SiSn. The first kappa shape index (κ1) is 15.8. The summed E-state index contributed by atoms with van der Waals surface area (Å²) in [5, 5.41) is 0. The van der Waals surface area contributed by atoms with E-state index in [-0.39, 0.29) is 0 Å². The third-order valence-corrected chi connectivity index (χ3v) is 22.0. The van der Waals surface area contributed by atoms with E-state index in [1.165, 1.54) is 13.1 Å². The van der Waals surface area contributed by atoms with Gasteiger partial charge in [0.2, 0.25) is 0 Å². The normalized spacial score (nSPS) is 21.4. The number of likely N-dealkylation sites (N-methyl/N-ethyl adjacent to an activating group) is 2. The summed E-state index contributed by atoms with van der Waals surface area (Å²) in [7, 11) is 3.36. The third kappa shape index (κ3) is 4.11. The van der Waals surface area contributed by atoms with E-state index in [1.807, 2.05) is 3.21 Å². The molecule has 5 heteroatoms. The minimum atomic E-state index is -1.94. The van der Waals surface area contributed by atoms with Crippen molar-refractivity contribution in [2.75, 3.05) is 27.2 Å². The van der Waals surface area contributed by atoms with E-state index < -0.39 is 26.5 Å². The molecule has 98 valence electrons. The molecule has 1 saturated heterocycles. The van der Waals surface area contributed by atoms with Crippen LogP contribution in [0.2, 0.25) is 34.5 Å². The van der Waals surface area contributed by atoms with Gasteiger partial charge in [0.15, 0.2) is 0 Å². The minimum absolute atomic E-state index is 0.549. The van der Waals surface area contributed by atoms with Gasteiger partial charge in [-0.3, -0.25) is 0 Å². The summed E-state index contributed by atoms with van der Waals surface area (Å²) in [6.45, 7) is 10.5. The van der Waals surface area contributed by atoms with Crippen molar-refractivity contribution in [2.24, 2.45) is 0 Å². The van der Waals surface area contributed by atoms with Crippen LogP contribution in [0.1, 0.15) is 0 Å².